The van der Waals surface area contributed by atoms with Gasteiger partial charge in [0.15, 0.2) is 0 Å². The Bertz CT molecular complexity index is 1100. The van der Waals surface area contributed by atoms with Crippen molar-refractivity contribution >= 4 is 35.3 Å². The zero-order valence-corrected chi connectivity index (χ0v) is 20.8. The first-order chi connectivity index (χ1) is 16.8. The highest BCUT2D eigenvalue weighted by Crippen LogP contribution is 2.34. The van der Waals surface area contributed by atoms with Crippen molar-refractivity contribution in [2.75, 3.05) is 39.4 Å². The highest BCUT2D eigenvalue weighted by Gasteiger charge is 2.51. The fraction of sp³-hybridized carbons (Fsp3) is 0.375. The molecular weight excluding hydrogens is 470 g/mol. The first-order valence-electron chi connectivity index (χ1n) is 11.1. The van der Waals surface area contributed by atoms with E-state index in [4.69, 9.17) is 9.47 Å². The van der Waals surface area contributed by atoms with Crippen LogP contribution in [-0.2, 0) is 9.59 Å². The van der Waals surface area contributed by atoms with E-state index in [0.29, 0.717) is 11.4 Å². The minimum Gasteiger partial charge on any atom is -0.497 e. The number of carbonyl (C=O) groups excluding carboxylic acids is 3. The summed E-state index contributed by atoms with van der Waals surface area (Å²) < 4.78 is 10.5. The Hall–Kier alpha value is -3.28. The number of hydrogen-bond acceptors (Lipinski definition) is 8. The van der Waals surface area contributed by atoms with Gasteiger partial charge in [-0.1, -0.05) is 18.2 Å². The fourth-order valence-corrected chi connectivity index (χ4v) is 5.36. The Balaban J connectivity index is 1.52. The maximum Gasteiger partial charge on any atom is 0.327 e. The molecule has 0 bridgehead atoms. The third kappa shape index (κ3) is 5.21. The second kappa shape index (κ2) is 10.5. The Morgan fingerprint density at radius 3 is 2.43 bits per heavy atom. The van der Waals surface area contributed by atoms with Crippen LogP contribution < -0.4 is 25.4 Å². The van der Waals surface area contributed by atoms with Gasteiger partial charge in [0.2, 0.25) is 11.8 Å². The smallest absolute Gasteiger partial charge is 0.327 e. The lowest BCUT2D eigenvalue weighted by Crippen LogP contribution is -2.72. The van der Waals surface area contributed by atoms with E-state index >= 15 is 0 Å². The van der Waals surface area contributed by atoms with Crippen LogP contribution in [0.25, 0.3) is 0 Å². The topological polar surface area (TPSA) is 112 Å². The third-order valence-electron chi connectivity index (χ3n) is 6.15. The Kier molecular flexibility index (Phi) is 7.48. The second-order valence-electron chi connectivity index (χ2n) is 8.31. The molecule has 186 valence electrons. The number of anilines is 1. The molecule has 3 N–H and O–H groups in total. The number of fused-ring (bicyclic) bond motifs is 1. The van der Waals surface area contributed by atoms with Crippen molar-refractivity contribution in [3.05, 3.63) is 54.1 Å². The van der Waals surface area contributed by atoms with E-state index in [9.17, 15) is 14.4 Å². The maximum absolute atomic E-state index is 13.1. The summed E-state index contributed by atoms with van der Waals surface area (Å²) in [4.78, 5) is 41.1. The van der Waals surface area contributed by atoms with Crippen LogP contribution in [-0.4, -0.2) is 73.3 Å². The number of benzene rings is 2. The van der Waals surface area contributed by atoms with Gasteiger partial charge in [-0.05, 0) is 29.8 Å². The van der Waals surface area contributed by atoms with Crippen molar-refractivity contribution in [2.24, 2.45) is 5.92 Å². The molecule has 11 heteroatoms. The van der Waals surface area contributed by atoms with Crippen molar-refractivity contribution in [2.45, 2.75) is 17.7 Å². The lowest BCUT2D eigenvalue weighted by atomic mass is 9.96. The summed E-state index contributed by atoms with van der Waals surface area (Å²) in [6, 6.07) is 14.3. The average Bonchev–Trinajstić information content (AvgIpc) is 2.89. The van der Waals surface area contributed by atoms with Crippen LogP contribution >= 0.6 is 11.8 Å². The minimum absolute atomic E-state index is 0.113. The summed E-state index contributed by atoms with van der Waals surface area (Å²) in [5, 5.41) is 9.29. The van der Waals surface area contributed by atoms with Crippen LogP contribution in [0.3, 0.4) is 0 Å². The van der Waals surface area contributed by atoms with Crippen LogP contribution in [0, 0.1) is 5.92 Å². The molecule has 4 rings (SSSR count). The molecule has 2 aromatic carbocycles. The van der Waals surface area contributed by atoms with Gasteiger partial charge in [-0.3, -0.25) is 25.1 Å². The van der Waals surface area contributed by atoms with E-state index in [0.717, 1.165) is 16.2 Å². The summed E-state index contributed by atoms with van der Waals surface area (Å²) >= 11 is 1.33. The Morgan fingerprint density at radius 1 is 1.03 bits per heavy atom. The van der Waals surface area contributed by atoms with Gasteiger partial charge >= 0.3 is 6.03 Å². The number of carbonyl (C=O) groups is 3. The predicted octanol–water partition coefficient (Wildman–Crippen LogP) is 2.06. The first kappa shape index (κ1) is 24.8. The molecule has 0 aliphatic carbocycles. The molecule has 2 aliphatic heterocycles. The van der Waals surface area contributed by atoms with Crippen molar-refractivity contribution < 1.29 is 23.9 Å². The molecular formula is C24H29N5O5S. The second-order valence-corrected chi connectivity index (χ2v) is 9.44. The number of imide groups is 1. The quantitative estimate of drug-likeness (QED) is 0.531. The largest absolute Gasteiger partial charge is 0.497 e. The Morgan fingerprint density at radius 2 is 1.74 bits per heavy atom. The molecule has 10 nitrogen and oxygen atoms in total. The van der Waals surface area contributed by atoms with E-state index in [1.807, 2.05) is 24.3 Å². The van der Waals surface area contributed by atoms with Gasteiger partial charge in [0.1, 0.15) is 11.5 Å². The molecule has 2 aliphatic rings. The third-order valence-corrected chi connectivity index (χ3v) is 7.37. The monoisotopic (exact) mass is 499 g/mol. The molecule has 2 fully saturated rings. The van der Waals surface area contributed by atoms with Gasteiger partial charge in [0.05, 0.1) is 43.6 Å². The molecule has 35 heavy (non-hydrogen) atoms. The van der Waals surface area contributed by atoms with Crippen LogP contribution in [0.1, 0.15) is 11.7 Å². The number of rotatable bonds is 7. The number of methoxy groups -OCH3 is 2. The number of thioether (sulfide) groups is 1. The van der Waals surface area contributed by atoms with Crippen molar-refractivity contribution in [3.63, 3.8) is 0 Å². The van der Waals surface area contributed by atoms with E-state index < -0.39 is 17.5 Å². The lowest BCUT2D eigenvalue weighted by molar-refractivity contribution is -0.140. The number of hydrogen-bond donors (Lipinski definition) is 3. The SMILES string of the molecule is COc1ccc(C2NC(SCC(=O)Nc3cccc(OC)c3)C3C(=O)N(C)C(=O)N(C)C3N2)cc1. The van der Waals surface area contributed by atoms with Gasteiger partial charge in [-0.15, -0.1) is 11.8 Å². The molecule has 0 radical (unpaired) electrons. The molecule has 2 aromatic rings. The highest BCUT2D eigenvalue weighted by atomic mass is 32.2. The average molecular weight is 500 g/mol. The molecule has 0 aromatic heterocycles. The molecule has 2 saturated heterocycles. The highest BCUT2D eigenvalue weighted by molar-refractivity contribution is 8.00. The van der Waals surface area contributed by atoms with E-state index in [1.165, 1.54) is 23.7 Å². The summed E-state index contributed by atoms with van der Waals surface area (Å²) in [5.74, 6) is 0.404. The zero-order valence-electron chi connectivity index (χ0n) is 20.0. The predicted molar refractivity (Wildman–Crippen MR) is 133 cm³/mol. The van der Waals surface area contributed by atoms with Crippen molar-refractivity contribution in [1.82, 2.24) is 20.4 Å². The molecule has 4 amide bonds. The van der Waals surface area contributed by atoms with Gasteiger partial charge < -0.3 is 19.7 Å². The van der Waals surface area contributed by atoms with E-state index in [-0.39, 0.29) is 29.8 Å². The molecule has 4 unspecified atom stereocenters. The molecule has 0 saturated carbocycles. The van der Waals surface area contributed by atoms with Gasteiger partial charge in [0, 0.05) is 25.8 Å². The molecule has 4 atom stereocenters. The normalized spacial score (nSPS) is 24.1. The van der Waals surface area contributed by atoms with Crippen LogP contribution in [0.4, 0.5) is 10.5 Å². The van der Waals surface area contributed by atoms with E-state index in [2.05, 4.69) is 16.0 Å². The Labute approximate surface area is 208 Å². The van der Waals surface area contributed by atoms with Gasteiger partial charge in [0.25, 0.3) is 0 Å². The van der Waals surface area contributed by atoms with Crippen molar-refractivity contribution in [1.29, 1.82) is 0 Å². The van der Waals surface area contributed by atoms with E-state index in [1.54, 1.807) is 45.5 Å². The standard InChI is InChI=1S/C24H29N5O5S/c1-28-21-19(23(31)29(2)24(28)32)22(27-20(26-21)14-8-10-16(33-3)11-9-14)35-13-18(30)25-15-6-5-7-17(12-15)34-4/h5-12,19-22,26-27H,13H2,1-4H3,(H,25,30). The van der Waals surface area contributed by atoms with Crippen LogP contribution in [0.5, 0.6) is 11.5 Å². The minimum atomic E-state index is -0.577. The summed E-state index contributed by atoms with van der Waals surface area (Å²) in [7, 11) is 6.31. The van der Waals surface area contributed by atoms with Crippen LogP contribution in [0.2, 0.25) is 0 Å². The number of urea groups is 1. The molecule has 2 heterocycles. The summed E-state index contributed by atoms with van der Waals surface area (Å²) in [6.45, 7) is 0. The number of nitrogens with zero attached hydrogens (tertiary/aromatic N) is 2. The molecule has 0 spiro atoms. The summed E-state index contributed by atoms with van der Waals surface area (Å²) in [5.41, 5.74) is 1.55. The fourth-order valence-electron chi connectivity index (χ4n) is 4.25. The zero-order chi connectivity index (χ0) is 25.1. The van der Waals surface area contributed by atoms with Gasteiger partial charge in [-0.25, -0.2) is 4.79 Å². The lowest BCUT2D eigenvalue weighted by Gasteiger charge is -2.50. The number of nitrogens with one attached hydrogen (secondary N) is 3. The van der Waals surface area contributed by atoms with Crippen molar-refractivity contribution in [3.8, 4) is 11.5 Å². The maximum atomic E-state index is 13.1. The summed E-state index contributed by atoms with van der Waals surface area (Å²) in [6.07, 6.45) is -0.869. The number of ether oxygens (including phenoxy) is 2. The van der Waals surface area contributed by atoms with Gasteiger partial charge in [-0.2, -0.15) is 0 Å². The number of amides is 4. The first-order valence-corrected chi connectivity index (χ1v) is 12.1. The van der Waals surface area contributed by atoms with Crippen LogP contribution in [0.15, 0.2) is 48.5 Å².